The van der Waals surface area contributed by atoms with Crippen LogP contribution in [0.25, 0.3) is 0 Å². The number of nitrogens with zero attached hydrogens (tertiary/aromatic N) is 2. The monoisotopic (exact) mass is 225 g/mol. The molecule has 1 aliphatic carbocycles. The van der Waals surface area contributed by atoms with Gasteiger partial charge in [-0.15, -0.1) is 0 Å². The molecule has 2 N–H and O–H groups in total. The van der Waals surface area contributed by atoms with E-state index in [9.17, 15) is 0 Å². The average Bonchev–Trinajstić information content (AvgIpc) is 2.29. The van der Waals surface area contributed by atoms with E-state index in [-0.39, 0.29) is 0 Å². The molecule has 0 aromatic rings. The average molecular weight is 225 g/mol. The second-order valence-corrected chi connectivity index (χ2v) is 5.75. The first-order chi connectivity index (χ1) is 7.66. The van der Waals surface area contributed by atoms with Gasteiger partial charge in [-0.05, 0) is 33.1 Å². The summed E-state index contributed by atoms with van der Waals surface area (Å²) >= 11 is 0. The van der Waals surface area contributed by atoms with Gasteiger partial charge in [0.1, 0.15) is 0 Å². The quantitative estimate of drug-likeness (QED) is 0.768. The van der Waals surface area contributed by atoms with Crippen molar-refractivity contribution < 1.29 is 0 Å². The van der Waals surface area contributed by atoms with E-state index in [0.29, 0.717) is 12.1 Å². The highest BCUT2D eigenvalue weighted by molar-refractivity contribution is 4.85. The molecule has 0 amide bonds. The van der Waals surface area contributed by atoms with E-state index in [1.807, 2.05) is 0 Å². The van der Waals surface area contributed by atoms with E-state index in [4.69, 9.17) is 5.73 Å². The summed E-state index contributed by atoms with van der Waals surface area (Å²) in [6, 6.07) is 1.94. The first-order valence-electron chi connectivity index (χ1n) is 6.90. The summed E-state index contributed by atoms with van der Waals surface area (Å²) in [5, 5.41) is 0. The van der Waals surface area contributed by atoms with Crippen LogP contribution in [0.2, 0.25) is 0 Å². The van der Waals surface area contributed by atoms with E-state index >= 15 is 0 Å². The van der Waals surface area contributed by atoms with Gasteiger partial charge in [0.25, 0.3) is 0 Å². The molecule has 94 valence electrons. The van der Waals surface area contributed by atoms with E-state index in [2.05, 4.69) is 23.6 Å². The van der Waals surface area contributed by atoms with Crippen molar-refractivity contribution in [3.63, 3.8) is 0 Å². The highest BCUT2D eigenvalue weighted by Crippen LogP contribution is 2.23. The molecule has 2 unspecified atom stereocenters. The highest BCUT2D eigenvalue weighted by atomic mass is 15.3. The lowest BCUT2D eigenvalue weighted by Crippen LogP contribution is -2.53. The Morgan fingerprint density at radius 3 is 2.31 bits per heavy atom. The van der Waals surface area contributed by atoms with Crippen LogP contribution < -0.4 is 5.73 Å². The van der Waals surface area contributed by atoms with Gasteiger partial charge in [0.2, 0.25) is 0 Å². The molecule has 0 aromatic carbocycles. The van der Waals surface area contributed by atoms with Gasteiger partial charge in [-0.2, -0.15) is 0 Å². The number of nitrogens with two attached hydrogens (primary N) is 1. The fourth-order valence-corrected chi connectivity index (χ4v) is 3.15. The molecule has 0 bridgehead atoms. The zero-order valence-electron chi connectivity index (χ0n) is 10.9. The molecule has 0 spiro atoms. The van der Waals surface area contributed by atoms with Crippen LogP contribution in [-0.2, 0) is 0 Å². The molecule has 2 rings (SSSR count). The van der Waals surface area contributed by atoms with Crippen molar-refractivity contribution in [3.05, 3.63) is 0 Å². The second-order valence-electron chi connectivity index (χ2n) is 5.75. The maximum Gasteiger partial charge on any atom is 0.0113 e. The molecule has 0 aromatic heterocycles. The maximum absolute atomic E-state index is 6.07. The van der Waals surface area contributed by atoms with Crippen molar-refractivity contribution in [2.75, 3.05) is 26.2 Å². The summed E-state index contributed by atoms with van der Waals surface area (Å²) in [5.41, 5.74) is 6.07. The Balaban J connectivity index is 1.79. The zero-order chi connectivity index (χ0) is 11.5. The van der Waals surface area contributed by atoms with Crippen molar-refractivity contribution >= 4 is 0 Å². The largest absolute Gasteiger partial charge is 0.328 e. The Kier molecular flexibility index (Phi) is 4.22. The zero-order valence-corrected chi connectivity index (χ0v) is 10.9. The summed E-state index contributed by atoms with van der Waals surface area (Å²) in [7, 11) is 0. The summed E-state index contributed by atoms with van der Waals surface area (Å²) in [6.45, 7) is 9.57. The lowest BCUT2D eigenvalue weighted by Gasteiger charge is -2.43. The predicted octanol–water partition coefficient (Wildman–Crippen LogP) is 1.28. The molecule has 3 nitrogen and oxygen atoms in total. The molecule has 16 heavy (non-hydrogen) atoms. The molecular formula is C13H27N3. The van der Waals surface area contributed by atoms with Gasteiger partial charge in [0.15, 0.2) is 0 Å². The van der Waals surface area contributed by atoms with Crippen molar-refractivity contribution in [2.24, 2.45) is 5.73 Å². The maximum atomic E-state index is 6.07. The topological polar surface area (TPSA) is 32.5 Å². The smallest absolute Gasteiger partial charge is 0.0113 e. The van der Waals surface area contributed by atoms with Crippen LogP contribution in [-0.4, -0.2) is 54.1 Å². The summed E-state index contributed by atoms with van der Waals surface area (Å²) < 4.78 is 0. The Morgan fingerprint density at radius 1 is 1.06 bits per heavy atom. The van der Waals surface area contributed by atoms with Crippen LogP contribution in [0.3, 0.4) is 0 Å². The van der Waals surface area contributed by atoms with E-state index in [1.165, 1.54) is 51.9 Å². The lowest BCUT2D eigenvalue weighted by molar-refractivity contribution is 0.0613. The van der Waals surface area contributed by atoms with Crippen LogP contribution in [0.15, 0.2) is 0 Å². The van der Waals surface area contributed by atoms with Gasteiger partial charge < -0.3 is 5.73 Å². The number of rotatable bonds is 2. The third kappa shape index (κ3) is 2.96. The van der Waals surface area contributed by atoms with Crippen molar-refractivity contribution in [1.29, 1.82) is 0 Å². The van der Waals surface area contributed by atoms with Crippen LogP contribution in [0.4, 0.5) is 0 Å². The molecule has 1 saturated heterocycles. The van der Waals surface area contributed by atoms with Crippen molar-refractivity contribution in [3.8, 4) is 0 Å². The Morgan fingerprint density at radius 2 is 1.75 bits per heavy atom. The fraction of sp³-hybridized carbons (Fsp3) is 1.00. The molecule has 2 atom stereocenters. The third-order valence-electron chi connectivity index (χ3n) is 4.28. The third-order valence-corrected chi connectivity index (χ3v) is 4.28. The fourth-order valence-electron chi connectivity index (χ4n) is 3.15. The van der Waals surface area contributed by atoms with Gasteiger partial charge >= 0.3 is 0 Å². The number of hydrogen-bond donors (Lipinski definition) is 1. The minimum absolute atomic E-state index is 0.460. The molecule has 0 radical (unpaired) electrons. The SMILES string of the molecule is CC(C)N1CCN(C2CCCC(N)C2)CC1. The Bertz CT molecular complexity index is 209. The molecule has 3 heteroatoms. The van der Waals surface area contributed by atoms with Crippen LogP contribution >= 0.6 is 0 Å². The number of hydrogen-bond acceptors (Lipinski definition) is 3. The summed E-state index contributed by atoms with van der Waals surface area (Å²) in [4.78, 5) is 5.26. The minimum atomic E-state index is 0.460. The molecule has 1 aliphatic heterocycles. The minimum Gasteiger partial charge on any atom is -0.328 e. The molecule has 1 heterocycles. The molecule has 1 saturated carbocycles. The molecule has 2 fully saturated rings. The van der Waals surface area contributed by atoms with E-state index in [0.717, 1.165) is 6.04 Å². The van der Waals surface area contributed by atoms with Crippen molar-refractivity contribution in [1.82, 2.24) is 9.80 Å². The van der Waals surface area contributed by atoms with Gasteiger partial charge in [-0.1, -0.05) is 6.42 Å². The second kappa shape index (κ2) is 5.48. The summed E-state index contributed by atoms with van der Waals surface area (Å²) in [5.74, 6) is 0. The first kappa shape index (κ1) is 12.3. The van der Waals surface area contributed by atoms with E-state index in [1.54, 1.807) is 0 Å². The standard InChI is InChI=1S/C13H27N3/c1-11(2)15-6-8-16(9-7-15)13-5-3-4-12(14)10-13/h11-13H,3-10,14H2,1-2H3. The highest BCUT2D eigenvalue weighted by Gasteiger charge is 2.28. The van der Waals surface area contributed by atoms with Gasteiger partial charge in [-0.25, -0.2) is 0 Å². The lowest BCUT2D eigenvalue weighted by atomic mass is 9.90. The normalized spacial score (nSPS) is 34.5. The Labute approximate surface area is 100.0 Å². The Hall–Kier alpha value is -0.120. The summed E-state index contributed by atoms with van der Waals surface area (Å²) in [6.07, 6.45) is 5.16. The first-order valence-corrected chi connectivity index (χ1v) is 6.90. The number of piperazine rings is 1. The van der Waals surface area contributed by atoms with Crippen LogP contribution in [0.5, 0.6) is 0 Å². The van der Waals surface area contributed by atoms with Crippen LogP contribution in [0, 0.1) is 0 Å². The van der Waals surface area contributed by atoms with E-state index < -0.39 is 0 Å². The van der Waals surface area contributed by atoms with Gasteiger partial charge in [0.05, 0.1) is 0 Å². The molecular weight excluding hydrogens is 198 g/mol. The van der Waals surface area contributed by atoms with Crippen molar-refractivity contribution in [2.45, 2.75) is 57.7 Å². The van der Waals surface area contributed by atoms with Gasteiger partial charge in [0, 0.05) is 44.3 Å². The molecule has 2 aliphatic rings. The van der Waals surface area contributed by atoms with Crippen LogP contribution in [0.1, 0.15) is 39.5 Å². The predicted molar refractivity (Wildman–Crippen MR) is 68.5 cm³/mol. The van der Waals surface area contributed by atoms with Gasteiger partial charge in [-0.3, -0.25) is 9.80 Å².